The maximum Gasteiger partial charge on any atom is 0.409 e. The highest BCUT2D eigenvalue weighted by Gasteiger charge is 2.26. The summed E-state index contributed by atoms with van der Waals surface area (Å²) in [6, 6.07) is 0.162. The van der Waals surface area contributed by atoms with Crippen LogP contribution in [0.15, 0.2) is 0 Å². The van der Waals surface area contributed by atoms with Crippen LogP contribution in [0.4, 0.5) is 4.79 Å². The van der Waals surface area contributed by atoms with Gasteiger partial charge in [-0.2, -0.15) is 0 Å². The van der Waals surface area contributed by atoms with Gasteiger partial charge in [0.2, 0.25) is 5.91 Å². The summed E-state index contributed by atoms with van der Waals surface area (Å²) in [5, 5.41) is 3.04. The molecule has 0 aliphatic carbocycles. The Kier molecular flexibility index (Phi) is 5.64. The fourth-order valence-corrected chi connectivity index (χ4v) is 2.72. The zero-order valence-electron chi connectivity index (χ0n) is 12.1. The molecule has 2 aliphatic rings. The number of hydrogen-bond acceptors (Lipinski definition) is 4. The summed E-state index contributed by atoms with van der Waals surface area (Å²) in [5.41, 5.74) is 0. The van der Waals surface area contributed by atoms with Crippen LogP contribution < -0.4 is 5.32 Å². The molecule has 2 rings (SSSR count). The van der Waals surface area contributed by atoms with Gasteiger partial charge < -0.3 is 19.7 Å². The maximum atomic E-state index is 11.9. The molecule has 0 saturated carbocycles. The summed E-state index contributed by atoms with van der Waals surface area (Å²) < 4.78 is 10.4. The molecule has 0 aromatic carbocycles. The van der Waals surface area contributed by atoms with Crippen molar-refractivity contribution in [1.82, 2.24) is 10.2 Å². The van der Waals surface area contributed by atoms with Crippen LogP contribution in [-0.4, -0.2) is 55.3 Å². The number of nitrogens with zero attached hydrogens (tertiary/aromatic N) is 1. The fourth-order valence-electron chi connectivity index (χ4n) is 2.72. The lowest BCUT2D eigenvalue weighted by molar-refractivity contribution is -0.124. The first-order valence-corrected chi connectivity index (χ1v) is 7.51. The molecule has 0 bridgehead atoms. The summed E-state index contributed by atoms with van der Waals surface area (Å²) >= 11 is 0. The van der Waals surface area contributed by atoms with Crippen LogP contribution in [0.25, 0.3) is 0 Å². The van der Waals surface area contributed by atoms with E-state index in [9.17, 15) is 9.59 Å². The Balaban J connectivity index is 1.65. The normalized spacial score (nSPS) is 23.6. The van der Waals surface area contributed by atoms with Crippen molar-refractivity contribution in [1.29, 1.82) is 0 Å². The van der Waals surface area contributed by atoms with Crippen LogP contribution in [-0.2, 0) is 14.3 Å². The van der Waals surface area contributed by atoms with Crippen LogP contribution in [0.2, 0.25) is 0 Å². The molecule has 1 N–H and O–H groups in total. The van der Waals surface area contributed by atoms with Crippen molar-refractivity contribution in [3.63, 3.8) is 0 Å². The van der Waals surface area contributed by atoms with Crippen molar-refractivity contribution < 1.29 is 19.1 Å². The number of piperidine rings is 1. The second-order valence-corrected chi connectivity index (χ2v) is 5.37. The number of carbonyl (C=O) groups excluding carboxylic acids is 2. The number of rotatable bonds is 4. The van der Waals surface area contributed by atoms with Gasteiger partial charge in [-0.05, 0) is 32.6 Å². The Bertz CT molecular complexity index is 334. The number of carbonyl (C=O) groups is 2. The van der Waals surface area contributed by atoms with Crippen molar-refractivity contribution in [2.75, 3.05) is 26.3 Å². The molecule has 2 heterocycles. The monoisotopic (exact) mass is 284 g/mol. The second-order valence-electron chi connectivity index (χ2n) is 5.37. The van der Waals surface area contributed by atoms with Crippen molar-refractivity contribution in [2.24, 2.45) is 0 Å². The highest BCUT2D eigenvalue weighted by atomic mass is 16.6. The van der Waals surface area contributed by atoms with Gasteiger partial charge in [0.25, 0.3) is 0 Å². The lowest BCUT2D eigenvalue weighted by atomic mass is 10.0. The number of likely N-dealkylation sites (tertiary alicyclic amines) is 1. The van der Waals surface area contributed by atoms with Gasteiger partial charge in [-0.3, -0.25) is 4.79 Å². The molecule has 2 amide bonds. The molecule has 0 aromatic heterocycles. The van der Waals surface area contributed by atoms with Gasteiger partial charge in [0.05, 0.1) is 19.1 Å². The van der Waals surface area contributed by atoms with Gasteiger partial charge in [-0.1, -0.05) is 0 Å². The van der Waals surface area contributed by atoms with E-state index in [4.69, 9.17) is 9.47 Å². The summed E-state index contributed by atoms with van der Waals surface area (Å²) in [4.78, 5) is 25.1. The van der Waals surface area contributed by atoms with Gasteiger partial charge >= 0.3 is 6.09 Å². The molecule has 20 heavy (non-hydrogen) atoms. The van der Waals surface area contributed by atoms with Crippen LogP contribution in [0, 0.1) is 0 Å². The third-order valence-corrected chi connectivity index (χ3v) is 3.82. The molecule has 1 atom stereocenters. The average Bonchev–Trinajstić information content (AvgIpc) is 2.92. The molecule has 6 nitrogen and oxygen atoms in total. The smallest absolute Gasteiger partial charge is 0.409 e. The largest absolute Gasteiger partial charge is 0.450 e. The molecular weight excluding hydrogens is 260 g/mol. The van der Waals surface area contributed by atoms with Crippen LogP contribution in [0.5, 0.6) is 0 Å². The zero-order chi connectivity index (χ0) is 14.4. The topological polar surface area (TPSA) is 67.9 Å². The van der Waals surface area contributed by atoms with Gasteiger partial charge in [0.15, 0.2) is 0 Å². The van der Waals surface area contributed by atoms with E-state index < -0.39 is 0 Å². The molecule has 114 valence electrons. The quantitative estimate of drug-likeness (QED) is 0.844. The van der Waals surface area contributed by atoms with Crippen LogP contribution >= 0.6 is 0 Å². The number of hydrogen-bond donors (Lipinski definition) is 1. The van der Waals surface area contributed by atoms with Crippen molar-refractivity contribution >= 4 is 12.0 Å². The van der Waals surface area contributed by atoms with Crippen molar-refractivity contribution in [3.05, 3.63) is 0 Å². The first-order chi connectivity index (χ1) is 9.69. The highest BCUT2D eigenvalue weighted by molar-refractivity contribution is 5.76. The Morgan fingerprint density at radius 1 is 1.30 bits per heavy atom. The van der Waals surface area contributed by atoms with E-state index in [-0.39, 0.29) is 24.1 Å². The van der Waals surface area contributed by atoms with Gasteiger partial charge in [-0.25, -0.2) is 4.79 Å². The molecule has 6 heteroatoms. The minimum Gasteiger partial charge on any atom is -0.450 e. The molecular formula is C14H24N2O4. The molecule has 0 spiro atoms. The zero-order valence-corrected chi connectivity index (χ0v) is 12.1. The Morgan fingerprint density at radius 2 is 2.05 bits per heavy atom. The first kappa shape index (κ1) is 15.1. The van der Waals surface area contributed by atoms with E-state index in [2.05, 4.69) is 5.32 Å². The molecule has 2 saturated heterocycles. The highest BCUT2D eigenvalue weighted by Crippen LogP contribution is 2.16. The number of nitrogens with one attached hydrogen (secondary N) is 1. The van der Waals surface area contributed by atoms with E-state index in [1.54, 1.807) is 11.8 Å². The maximum absolute atomic E-state index is 11.9. The molecule has 0 radical (unpaired) electrons. The summed E-state index contributed by atoms with van der Waals surface area (Å²) in [6.45, 7) is 4.26. The van der Waals surface area contributed by atoms with E-state index in [0.29, 0.717) is 26.1 Å². The molecule has 0 aromatic rings. The fraction of sp³-hybridized carbons (Fsp3) is 0.857. The van der Waals surface area contributed by atoms with Crippen molar-refractivity contribution in [2.45, 2.75) is 51.2 Å². The number of amides is 2. The second kappa shape index (κ2) is 7.47. The molecule has 2 aliphatic heterocycles. The van der Waals surface area contributed by atoms with E-state index in [1.165, 1.54) is 0 Å². The Morgan fingerprint density at radius 3 is 2.65 bits per heavy atom. The standard InChI is InChI=1S/C14H24N2O4/c1-2-19-14(18)16-7-5-11(6-8-16)15-13(17)10-12-4-3-9-20-12/h11-12H,2-10H2,1H3,(H,15,17). The minimum absolute atomic E-state index is 0.0616. The molecule has 2 fully saturated rings. The van der Waals surface area contributed by atoms with Crippen molar-refractivity contribution in [3.8, 4) is 0 Å². The van der Waals surface area contributed by atoms with Gasteiger partial charge in [0, 0.05) is 25.7 Å². The van der Waals surface area contributed by atoms with E-state index in [1.807, 2.05) is 0 Å². The summed E-state index contributed by atoms with van der Waals surface area (Å²) in [6.07, 6.45) is 3.90. The van der Waals surface area contributed by atoms with E-state index >= 15 is 0 Å². The Labute approximate surface area is 119 Å². The lowest BCUT2D eigenvalue weighted by Gasteiger charge is -2.31. The summed E-state index contributed by atoms with van der Waals surface area (Å²) in [7, 11) is 0. The predicted molar refractivity (Wildman–Crippen MR) is 73.4 cm³/mol. The number of ether oxygens (including phenoxy) is 2. The first-order valence-electron chi connectivity index (χ1n) is 7.51. The molecule has 1 unspecified atom stereocenters. The SMILES string of the molecule is CCOC(=O)N1CCC(NC(=O)CC2CCCO2)CC1. The average molecular weight is 284 g/mol. The third-order valence-electron chi connectivity index (χ3n) is 3.82. The predicted octanol–water partition coefficient (Wildman–Crippen LogP) is 1.29. The summed E-state index contributed by atoms with van der Waals surface area (Å²) in [5.74, 6) is 0.0616. The van der Waals surface area contributed by atoms with Gasteiger partial charge in [-0.15, -0.1) is 0 Å². The lowest BCUT2D eigenvalue weighted by Crippen LogP contribution is -2.47. The Hall–Kier alpha value is -1.30. The third kappa shape index (κ3) is 4.37. The van der Waals surface area contributed by atoms with Crippen LogP contribution in [0.1, 0.15) is 39.0 Å². The van der Waals surface area contributed by atoms with Crippen LogP contribution in [0.3, 0.4) is 0 Å². The minimum atomic E-state index is -0.253. The van der Waals surface area contributed by atoms with Gasteiger partial charge in [0.1, 0.15) is 0 Å². The van der Waals surface area contributed by atoms with E-state index in [0.717, 1.165) is 32.3 Å².